The highest BCUT2D eigenvalue weighted by atomic mass is 16.3. The number of nitrogens with zero attached hydrogens (tertiary/aromatic N) is 1. The molecule has 0 saturated carbocycles. The van der Waals surface area contributed by atoms with Crippen molar-refractivity contribution in [3.05, 3.63) is 42.0 Å². The average molecular weight is 310 g/mol. The quantitative estimate of drug-likeness (QED) is 0.647. The van der Waals surface area contributed by atoms with Gasteiger partial charge in [-0.15, -0.1) is 0 Å². The summed E-state index contributed by atoms with van der Waals surface area (Å²) < 4.78 is 0. The van der Waals surface area contributed by atoms with E-state index < -0.39 is 0 Å². The first-order valence-electron chi connectivity index (χ1n) is 7.25. The van der Waals surface area contributed by atoms with Gasteiger partial charge < -0.3 is 20.1 Å². The number of fused-ring (bicyclic) bond motifs is 1. The van der Waals surface area contributed by atoms with E-state index >= 15 is 0 Å². The lowest BCUT2D eigenvalue weighted by Gasteiger charge is -2.13. The molecule has 0 amide bonds. The van der Waals surface area contributed by atoms with Gasteiger partial charge in [0.1, 0.15) is 5.75 Å². The Labute approximate surface area is 133 Å². The number of carbonyl (C=O) groups excluding carboxylic acids is 1. The number of aromatic hydroxyl groups is 2. The van der Waals surface area contributed by atoms with Gasteiger partial charge in [-0.05, 0) is 30.7 Å². The van der Waals surface area contributed by atoms with E-state index in [1.54, 1.807) is 6.07 Å². The Morgan fingerprint density at radius 3 is 2.30 bits per heavy atom. The van der Waals surface area contributed by atoms with Crippen LogP contribution in [0.15, 0.2) is 36.4 Å². The van der Waals surface area contributed by atoms with Gasteiger partial charge in [0.25, 0.3) is 0 Å². The Morgan fingerprint density at radius 1 is 1.09 bits per heavy atom. The fraction of sp³-hybridized carbons (Fsp3) is 0.167. The van der Waals surface area contributed by atoms with Gasteiger partial charge in [0.2, 0.25) is 5.88 Å². The molecule has 1 aromatic heterocycles. The number of rotatable bonds is 3. The second-order valence-electron chi connectivity index (χ2n) is 5.76. The van der Waals surface area contributed by atoms with Crippen molar-refractivity contribution in [1.82, 2.24) is 4.98 Å². The first kappa shape index (κ1) is 15.0. The highest BCUT2D eigenvalue weighted by Crippen LogP contribution is 2.37. The number of H-pyrrole nitrogens is 1. The van der Waals surface area contributed by atoms with E-state index in [0.717, 1.165) is 11.3 Å². The van der Waals surface area contributed by atoms with Gasteiger partial charge in [-0.25, -0.2) is 0 Å². The van der Waals surface area contributed by atoms with Crippen LogP contribution < -0.4 is 4.90 Å². The fourth-order valence-electron chi connectivity index (χ4n) is 2.74. The topological polar surface area (TPSA) is 76.6 Å². The van der Waals surface area contributed by atoms with Crippen LogP contribution in [-0.2, 0) is 0 Å². The molecule has 118 valence electrons. The summed E-state index contributed by atoms with van der Waals surface area (Å²) in [6.07, 6.45) is 0. The second kappa shape index (κ2) is 5.35. The maximum Gasteiger partial charge on any atom is 0.200 e. The Morgan fingerprint density at radius 2 is 1.74 bits per heavy atom. The molecule has 3 aromatic rings. The van der Waals surface area contributed by atoms with Crippen LogP contribution in [0.1, 0.15) is 17.3 Å². The average Bonchev–Trinajstić information content (AvgIpc) is 2.81. The van der Waals surface area contributed by atoms with E-state index in [1.165, 1.54) is 13.0 Å². The molecule has 0 unspecified atom stereocenters. The third kappa shape index (κ3) is 2.50. The zero-order valence-corrected chi connectivity index (χ0v) is 13.2. The van der Waals surface area contributed by atoms with E-state index in [2.05, 4.69) is 4.98 Å². The zero-order chi connectivity index (χ0) is 16.7. The van der Waals surface area contributed by atoms with Crippen LogP contribution in [0.25, 0.3) is 22.0 Å². The molecule has 0 atom stereocenters. The molecule has 0 radical (unpaired) electrons. The van der Waals surface area contributed by atoms with E-state index in [-0.39, 0.29) is 23.0 Å². The van der Waals surface area contributed by atoms with Crippen LogP contribution in [0.5, 0.6) is 11.6 Å². The molecule has 0 spiro atoms. The maximum absolute atomic E-state index is 11.7. The van der Waals surface area contributed by atoms with Crippen LogP contribution in [0.2, 0.25) is 0 Å². The number of phenolic OH excluding ortho intramolecular Hbond substituents is 1. The SMILES string of the molecule is CC(=O)c1c(O)[nH]c2cc(O)c(-c3ccc(N(C)C)cc3)cc12. The highest BCUT2D eigenvalue weighted by molar-refractivity contribution is 6.10. The van der Waals surface area contributed by atoms with Gasteiger partial charge in [-0.3, -0.25) is 4.79 Å². The van der Waals surface area contributed by atoms with Crippen molar-refractivity contribution in [2.45, 2.75) is 6.92 Å². The van der Waals surface area contributed by atoms with Gasteiger partial charge in [0.15, 0.2) is 5.78 Å². The molecule has 5 heteroatoms. The van der Waals surface area contributed by atoms with Crippen molar-refractivity contribution in [3.8, 4) is 22.8 Å². The molecular formula is C18H18N2O3. The Balaban J connectivity index is 2.19. The minimum absolute atomic E-state index is 0.0893. The summed E-state index contributed by atoms with van der Waals surface area (Å²) in [5, 5.41) is 20.8. The van der Waals surface area contributed by atoms with Crippen LogP contribution in [-0.4, -0.2) is 35.1 Å². The lowest BCUT2D eigenvalue weighted by Crippen LogP contribution is -2.07. The minimum Gasteiger partial charge on any atom is -0.507 e. The van der Waals surface area contributed by atoms with Gasteiger partial charge in [-0.2, -0.15) is 0 Å². The second-order valence-corrected chi connectivity index (χ2v) is 5.76. The first-order valence-corrected chi connectivity index (χ1v) is 7.25. The number of aromatic amines is 1. The Bertz CT molecular complexity index is 893. The first-order chi connectivity index (χ1) is 10.9. The van der Waals surface area contributed by atoms with Gasteiger partial charge >= 0.3 is 0 Å². The number of nitrogens with one attached hydrogen (secondary N) is 1. The number of carbonyl (C=O) groups is 1. The highest BCUT2D eigenvalue weighted by Gasteiger charge is 2.17. The number of ketones is 1. The minimum atomic E-state index is -0.228. The van der Waals surface area contributed by atoms with Crippen molar-refractivity contribution < 1.29 is 15.0 Å². The third-order valence-corrected chi connectivity index (χ3v) is 3.94. The molecule has 0 aliphatic rings. The van der Waals surface area contributed by atoms with Crippen LogP contribution >= 0.6 is 0 Å². The van der Waals surface area contributed by atoms with E-state index in [9.17, 15) is 15.0 Å². The van der Waals surface area contributed by atoms with Crippen molar-refractivity contribution in [2.75, 3.05) is 19.0 Å². The van der Waals surface area contributed by atoms with Crippen molar-refractivity contribution in [1.29, 1.82) is 0 Å². The Kier molecular flexibility index (Phi) is 3.48. The predicted octanol–water partition coefficient (Wildman–Crippen LogP) is 3.51. The number of anilines is 1. The van der Waals surface area contributed by atoms with Crippen molar-refractivity contribution in [3.63, 3.8) is 0 Å². The molecule has 0 bridgehead atoms. The standard InChI is InChI=1S/C18H18N2O3/c1-10(21)17-14-8-13(16(22)9-15(14)19-18(17)23)11-4-6-12(7-5-11)20(2)3/h4-9,19,22-23H,1-3H3. The predicted molar refractivity (Wildman–Crippen MR) is 91.4 cm³/mol. The summed E-state index contributed by atoms with van der Waals surface area (Å²) in [5.41, 5.74) is 3.28. The largest absolute Gasteiger partial charge is 0.507 e. The molecule has 0 fully saturated rings. The molecule has 2 aromatic carbocycles. The summed E-state index contributed by atoms with van der Waals surface area (Å²) in [4.78, 5) is 16.5. The van der Waals surface area contributed by atoms with Gasteiger partial charge in [-0.1, -0.05) is 12.1 Å². The molecule has 3 N–H and O–H groups in total. The summed E-state index contributed by atoms with van der Waals surface area (Å²) in [7, 11) is 3.92. The van der Waals surface area contributed by atoms with Gasteiger partial charge in [0, 0.05) is 36.8 Å². The Hall–Kier alpha value is -2.95. The number of Topliss-reactive ketones (excluding diaryl/α,β-unsaturated/α-hetero) is 1. The van der Waals surface area contributed by atoms with E-state index in [4.69, 9.17) is 0 Å². The summed E-state index contributed by atoms with van der Waals surface area (Å²) in [5.74, 6) is -0.313. The van der Waals surface area contributed by atoms with Gasteiger partial charge in [0.05, 0.1) is 11.1 Å². The third-order valence-electron chi connectivity index (χ3n) is 3.94. The fourth-order valence-corrected chi connectivity index (χ4v) is 2.74. The van der Waals surface area contributed by atoms with E-state index in [0.29, 0.717) is 16.5 Å². The lowest BCUT2D eigenvalue weighted by atomic mass is 10.00. The lowest BCUT2D eigenvalue weighted by molar-refractivity contribution is 0.101. The number of phenols is 1. The number of hydrogen-bond acceptors (Lipinski definition) is 4. The molecule has 23 heavy (non-hydrogen) atoms. The molecule has 0 aliphatic carbocycles. The number of hydrogen-bond donors (Lipinski definition) is 3. The summed E-state index contributed by atoms with van der Waals surface area (Å²) >= 11 is 0. The molecule has 0 saturated heterocycles. The number of aromatic nitrogens is 1. The maximum atomic E-state index is 11.7. The zero-order valence-electron chi connectivity index (χ0n) is 13.2. The number of benzene rings is 2. The van der Waals surface area contributed by atoms with Crippen LogP contribution in [0.3, 0.4) is 0 Å². The summed E-state index contributed by atoms with van der Waals surface area (Å²) in [6, 6.07) is 11.0. The smallest absolute Gasteiger partial charge is 0.200 e. The van der Waals surface area contributed by atoms with E-state index in [1.807, 2.05) is 43.3 Å². The normalized spacial score (nSPS) is 10.9. The monoisotopic (exact) mass is 310 g/mol. The van der Waals surface area contributed by atoms with Crippen molar-refractivity contribution >= 4 is 22.4 Å². The molecular weight excluding hydrogens is 292 g/mol. The molecule has 3 rings (SSSR count). The molecule has 1 heterocycles. The van der Waals surface area contributed by atoms with Crippen LogP contribution in [0, 0.1) is 0 Å². The van der Waals surface area contributed by atoms with Crippen LogP contribution in [0.4, 0.5) is 5.69 Å². The summed E-state index contributed by atoms with van der Waals surface area (Å²) in [6.45, 7) is 1.40. The molecule has 0 aliphatic heterocycles. The molecule has 5 nitrogen and oxygen atoms in total. The van der Waals surface area contributed by atoms with Crippen molar-refractivity contribution in [2.24, 2.45) is 0 Å².